The van der Waals surface area contributed by atoms with E-state index in [-0.39, 0.29) is 0 Å². The Kier molecular flexibility index (Phi) is 4.72. The van der Waals surface area contributed by atoms with Crippen LogP contribution >= 0.6 is 0 Å². The molecule has 2 aliphatic rings. The van der Waals surface area contributed by atoms with Crippen LogP contribution < -0.4 is 4.74 Å². The molecule has 1 aromatic heterocycles. The average Bonchev–Trinajstić information content (AvgIpc) is 3.05. The van der Waals surface area contributed by atoms with Gasteiger partial charge >= 0.3 is 0 Å². The monoisotopic (exact) mass is 342 g/mol. The molecule has 2 atom stereocenters. The van der Waals surface area contributed by atoms with Gasteiger partial charge < -0.3 is 14.0 Å². The molecule has 4 rings (SSSR count). The van der Waals surface area contributed by atoms with Crippen LogP contribution in [-0.4, -0.2) is 39.9 Å². The highest BCUT2D eigenvalue weighted by Gasteiger charge is 2.31. The Bertz CT molecular complexity index is 730. The van der Waals surface area contributed by atoms with Crippen LogP contribution in [0.2, 0.25) is 0 Å². The van der Waals surface area contributed by atoms with E-state index < -0.39 is 0 Å². The number of methoxy groups -OCH3 is 1. The molecule has 1 fully saturated rings. The van der Waals surface area contributed by atoms with Gasteiger partial charge in [0.1, 0.15) is 18.2 Å². The Morgan fingerprint density at radius 2 is 2.12 bits per heavy atom. The number of para-hydroxylation sites is 1. The minimum absolute atomic E-state index is 0.361. The smallest absolute Gasteiger partial charge is 0.159 e. The molecule has 0 amide bonds. The minimum atomic E-state index is 0.361. The van der Waals surface area contributed by atoms with Crippen LogP contribution in [0.4, 0.5) is 0 Å². The molecule has 0 radical (unpaired) electrons. The molecule has 0 N–H and O–H groups in total. The van der Waals surface area contributed by atoms with Gasteiger partial charge in [-0.25, -0.2) is 0 Å². The molecule has 0 aliphatic carbocycles. The second-order valence-electron chi connectivity index (χ2n) is 7.11. The molecule has 25 heavy (non-hydrogen) atoms. The van der Waals surface area contributed by atoms with Crippen molar-refractivity contribution in [2.75, 3.05) is 20.3 Å². The van der Waals surface area contributed by atoms with Crippen LogP contribution in [0, 0.1) is 5.92 Å². The SMILES string of the molecule is COc1ccccc1[C@@H]1CC[C@H](C)CN1Cc1nnc2n1CCOC2. The second kappa shape index (κ2) is 7.14. The summed E-state index contributed by atoms with van der Waals surface area (Å²) in [4.78, 5) is 2.54. The van der Waals surface area contributed by atoms with E-state index in [1.54, 1.807) is 7.11 Å². The van der Waals surface area contributed by atoms with Crippen LogP contribution in [0.1, 0.15) is 43.0 Å². The van der Waals surface area contributed by atoms with Gasteiger partial charge in [-0.05, 0) is 24.8 Å². The van der Waals surface area contributed by atoms with E-state index in [0.717, 1.165) is 50.1 Å². The summed E-state index contributed by atoms with van der Waals surface area (Å²) in [5.41, 5.74) is 1.28. The van der Waals surface area contributed by atoms with Gasteiger partial charge in [-0.3, -0.25) is 4.90 Å². The molecule has 2 aliphatic heterocycles. The molecule has 3 heterocycles. The zero-order valence-electron chi connectivity index (χ0n) is 15.0. The largest absolute Gasteiger partial charge is 0.496 e. The molecule has 6 nitrogen and oxygen atoms in total. The number of fused-ring (bicyclic) bond motifs is 1. The summed E-state index contributed by atoms with van der Waals surface area (Å²) in [6.45, 7) is 6.38. The van der Waals surface area contributed by atoms with E-state index in [1.807, 2.05) is 6.07 Å². The maximum atomic E-state index is 5.62. The van der Waals surface area contributed by atoms with Crippen LogP contribution in [0.3, 0.4) is 0 Å². The Labute approximate surface area is 148 Å². The number of nitrogens with zero attached hydrogens (tertiary/aromatic N) is 4. The van der Waals surface area contributed by atoms with Crippen LogP contribution in [0.25, 0.3) is 0 Å². The highest BCUT2D eigenvalue weighted by molar-refractivity contribution is 5.36. The number of hydrogen-bond donors (Lipinski definition) is 0. The summed E-state index contributed by atoms with van der Waals surface area (Å²) >= 11 is 0. The van der Waals surface area contributed by atoms with Crippen molar-refractivity contribution in [3.05, 3.63) is 41.5 Å². The van der Waals surface area contributed by atoms with Gasteiger partial charge in [-0.15, -0.1) is 10.2 Å². The zero-order chi connectivity index (χ0) is 17.2. The van der Waals surface area contributed by atoms with Crippen molar-refractivity contribution in [3.63, 3.8) is 0 Å². The maximum absolute atomic E-state index is 5.62. The predicted molar refractivity (Wildman–Crippen MR) is 94.2 cm³/mol. The van der Waals surface area contributed by atoms with E-state index in [0.29, 0.717) is 18.6 Å². The zero-order valence-corrected chi connectivity index (χ0v) is 15.0. The van der Waals surface area contributed by atoms with Gasteiger partial charge in [0.2, 0.25) is 0 Å². The fourth-order valence-electron chi connectivity index (χ4n) is 4.07. The molecule has 1 aromatic carbocycles. The molecular formula is C19H26N4O2. The van der Waals surface area contributed by atoms with Gasteiger partial charge in [-0.1, -0.05) is 25.1 Å². The van der Waals surface area contributed by atoms with E-state index in [1.165, 1.54) is 12.0 Å². The number of likely N-dealkylation sites (tertiary alicyclic amines) is 1. The molecule has 0 saturated carbocycles. The lowest BCUT2D eigenvalue weighted by atomic mass is 9.89. The molecule has 0 unspecified atom stereocenters. The molecule has 0 bridgehead atoms. The summed E-state index contributed by atoms with van der Waals surface area (Å²) < 4.78 is 13.3. The predicted octanol–water partition coefficient (Wildman–Crippen LogP) is 2.79. The lowest BCUT2D eigenvalue weighted by Crippen LogP contribution is -2.38. The van der Waals surface area contributed by atoms with Gasteiger partial charge in [0.25, 0.3) is 0 Å². The molecule has 0 spiro atoms. The van der Waals surface area contributed by atoms with Crippen LogP contribution in [-0.2, 0) is 24.4 Å². The summed E-state index contributed by atoms with van der Waals surface area (Å²) in [5, 5.41) is 8.76. The van der Waals surface area contributed by atoms with Crippen molar-refractivity contribution >= 4 is 0 Å². The first-order chi connectivity index (χ1) is 12.3. The third kappa shape index (κ3) is 3.28. The van der Waals surface area contributed by atoms with Crippen molar-refractivity contribution in [3.8, 4) is 5.75 Å². The van der Waals surface area contributed by atoms with Crippen LogP contribution in [0.5, 0.6) is 5.75 Å². The fourth-order valence-corrected chi connectivity index (χ4v) is 4.07. The van der Waals surface area contributed by atoms with Gasteiger partial charge in [0, 0.05) is 24.7 Å². The summed E-state index contributed by atoms with van der Waals surface area (Å²) in [6.07, 6.45) is 2.39. The third-order valence-corrected chi connectivity index (χ3v) is 5.36. The van der Waals surface area contributed by atoms with E-state index in [9.17, 15) is 0 Å². The first-order valence-corrected chi connectivity index (χ1v) is 9.12. The third-order valence-electron chi connectivity index (χ3n) is 5.36. The number of piperidine rings is 1. The Hall–Kier alpha value is -1.92. The maximum Gasteiger partial charge on any atom is 0.159 e. The van der Waals surface area contributed by atoms with E-state index in [4.69, 9.17) is 9.47 Å². The lowest BCUT2D eigenvalue weighted by Gasteiger charge is -2.39. The van der Waals surface area contributed by atoms with Gasteiger partial charge in [0.05, 0.1) is 20.3 Å². The van der Waals surface area contributed by atoms with E-state index >= 15 is 0 Å². The Morgan fingerprint density at radius 3 is 3.00 bits per heavy atom. The first-order valence-electron chi connectivity index (χ1n) is 9.12. The number of ether oxygens (including phenoxy) is 2. The Balaban J connectivity index is 1.62. The van der Waals surface area contributed by atoms with Crippen molar-refractivity contribution in [2.24, 2.45) is 5.92 Å². The normalized spacial score (nSPS) is 24.1. The van der Waals surface area contributed by atoms with Crippen LogP contribution in [0.15, 0.2) is 24.3 Å². The summed E-state index contributed by atoms with van der Waals surface area (Å²) in [5.74, 6) is 3.66. The first kappa shape index (κ1) is 16.5. The van der Waals surface area contributed by atoms with Crippen molar-refractivity contribution in [1.82, 2.24) is 19.7 Å². The van der Waals surface area contributed by atoms with Crippen molar-refractivity contribution in [2.45, 2.75) is 45.5 Å². The minimum Gasteiger partial charge on any atom is -0.496 e. The second-order valence-corrected chi connectivity index (χ2v) is 7.11. The van der Waals surface area contributed by atoms with Crippen molar-refractivity contribution < 1.29 is 9.47 Å². The molecular weight excluding hydrogens is 316 g/mol. The highest BCUT2D eigenvalue weighted by Crippen LogP contribution is 2.38. The number of benzene rings is 1. The van der Waals surface area contributed by atoms with Gasteiger partial charge in [-0.2, -0.15) is 0 Å². The quantitative estimate of drug-likeness (QED) is 0.855. The molecule has 2 aromatic rings. The number of rotatable bonds is 4. The molecule has 6 heteroatoms. The van der Waals surface area contributed by atoms with E-state index in [2.05, 4.69) is 44.8 Å². The highest BCUT2D eigenvalue weighted by atomic mass is 16.5. The number of aromatic nitrogens is 3. The topological polar surface area (TPSA) is 52.4 Å². The average molecular weight is 342 g/mol. The molecule has 134 valence electrons. The summed E-state index contributed by atoms with van der Waals surface area (Å²) in [7, 11) is 1.75. The fraction of sp³-hybridized carbons (Fsp3) is 0.579. The standard InChI is InChI=1S/C19H26N4O2/c1-14-7-8-16(15-5-3-4-6-17(15)24-2)22(11-14)12-18-20-21-19-13-25-10-9-23(18)19/h3-6,14,16H,7-13H2,1-2H3/t14-,16-/m0/s1. The lowest BCUT2D eigenvalue weighted by molar-refractivity contribution is 0.0744. The molecule has 1 saturated heterocycles. The van der Waals surface area contributed by atoms with Crippen molar-refractivity contribution in [1.29, 1.82) is 0 Å². The summed E-state index contributed by atoms with van der Waals surface area (Å²) in [6, 6.07) is 8.75. The Morgan fingerprint density at radius 1 is 1.24 bits per heavy atom. The number of hydrogen-bond acceptors (Lipinski definition) is 5. The van der Waals surface area contributed by atoms with Gasteiger partial charge in [0.15, 0.2) is 5.82 Å².